The van der Waals surface area contributed by atoms with Crippen LogP contribution in [0.1, 0.15) is 15.9 Å². The van der Waals surface area contributed by atoms with E-state index in [0.29, 0.717) is 10.6 Å². The summed E-state index contributed by atoms with van der Waals surface area (Å²) in [7, 11) is -3.93. The Morgan fingerprint density at radius 1 is 1.05 bits per heavy atom. The molecule has 114 valence electrons. The summed E-state index contributed by atoms with van der Waals surface area (Å²) in [5.74, 6) is -0.820. The zero-order valence-corrected chi connectivity index (χ0v) is 13.5. The molecule has 2 rings (SSSR count). The standard InChI is InChI=1S/C15H11Cl2NO3S/c16-12-6-7-13(14(17)10-12)15(19)18-22(20,21)9-8-11-4-2-1-3-5-11/h1-10H,(H,18,19). The van der Waals surface area contributed by atoms with Gasteiger partial charge < -0.3 is 0 Å². The van der Waals surface area contributed by atoms with Crippen LogP contribution in [0.15, 0.2) is 53.9 Å². The van der Waals surface area contributed by atoms with E-state index in [9.17, 15) is 13.2 Å². The van der Waals surface area contributed by atoms with E-state index in [4.69, 9.17) is 23.2 Å². The van der Waals surface area contributed by atoms with Crippen LogP contribution < -0.4 is 4.72 Å². The van der Waals surface area contributed by atoms with Crippen molar-refractivity contribution in [3.05, 3.63) is 75.1 Å². The van der Waals surface area contributed by atoms with E-state index in [1.807, 2.05) is 10.8 Å². The monoisotopic (exact) mass is 355 g/mol. The number of benzene rings is 2. The van der Waals surface area contributed by atoms with Crippen LogP contribution in [-0.4, -0.2) is 14.3 Å². The quantitative estimate of drug-likeness (QED) is 0.908. The summed E-state index contributed by atoms with van der Waals surface area (Å²) in [6, 6.07) is 13.0. The molecule has 0 aromatic heterocycles. The minimum Gasteiger partial charge on any atom is -0.268 e. The molecule has 0 fully saturated rings. The fraction of sp³-hybridized carbons (Fsp3) is 0. The number of amides is 1. The highest BCUT2D eigenvalue weighted by Crippen LogP contribution is 2.21. The van der Waals surface area contributed by atoms with E-state index in [1.54, 1.807) is 24.3 Å². The maximum absolute atomic E-state index is 12.0. The molecule has 0 spiro atoms. The molecule has 0 bridgehead atoms. The summed E-state index contributed by atoms with van der Waals surface area (Å²) in [5.41, 5.74) is 0.729. The van der Waals surface area contributed by atoms with E-state index < -0.39 is 15.9 Å². The second kappa shape index (κ2) is 6.96. The van der Waals surface area contributed by atoms with Gasteiger partial charge in [-0.3, -0.25) is 4.79 Å². The van der Waals surface area contributed by atoms with Crippen molar-refractivity contribution in [1.29, 1.82) is 0 Å². The first-order valence-corrected chi connectivity index (χ1v) is 8.43. The third-order valence-electron chi connectivity index (χ3n) is 2.65. The smallest absolute Gasteiger partial charge is 0.266 e. The summed E-state index contributed by atoms with van der Waals surface area (Å²) in [4.78, 5) is 12.0. The number of carbonyl (C=O) groups is 1. The lowest BCUT2D eigenvalue weighted by Crippen LogP contribution is -2.29. The average Bonchev–Trinajstić information content (AvgIpc) is 2.45. The summed E-state index contributed by atoms with van der Waals surface area (Å²) < 4.78 is 25.7. The predicted octanol–water partition coefficient (Wildman–Crippen LogP) is 3.72. The van der Waals surface area contributed by atoms with Gasteiger partial charge in [0.05, 0.1) is 16.0 Å². The highest BCUT2D eigenvalue weighted by Gasteiger charge is 2.16. The Balaban J connectivity index is 2.14. The van der Waals surface area contributed by atoms with E-state index in [0.717, 1.165) is 5.41 Å². The van der Waals surface area contributed by atoms with Crippen molar-refractivity contribution in [3.63, 3.8) is 0 Å². The fourth-order valence-electron chi connectivity index (χ4n) is 1.62. The largest absolute Gasteiger partial charge is 0.268 e. The predicted molar refractivity (Wildman–Crippen MR) is 88.3 cm³/mol. The topological polar surface area (TPSA) is 63.2 Å². The third-order valence-corrected chi connectivity index (χ3v) is 4.16. The lowest BCUT2D eigenvalue weighted by Gasteiger charge is -2.05. The Morgan fingerprint density at radius 3 is 2.36 bits per heavy atom. The fourth-order valence-corrected chi connectivity index (χ4v) is 2.89. The maximum atomic E-state index is 12.0. The second-order valence-electron chi connectivity index (χ2n) is 4.31. The van der Waals surface area contributed by atoms with Gasteiger partial charge in [0.2, 0.25) is 0 Å². The zero-order valence-electron chi connectivity index (χ0n) is 11.2. The Hall–Kier alpha value is -1.82. The van der Waals surface area contributed by atoms with E-state index >= 15 is 0 Å². The van der Waals surface area contributed by atoms with E-state index in [1.165, 1.54) is 24.3 Å². The molecule has 0 aliphatic heterocycles. The minimum absolute atomic E-state index is 0.0303. The lowest BCUT2D eigenvalue weighted by atomic mass is 10.2. The molecule has 0 aliphatic rings. The molecule has 0 radical (unpaired) electrons. The third kappa shape index (κ3) is 4.59. The summed E-state index contributed by atoms with van der Waals surface area (Å²) in [6.07, 6.45) is 1.39. The molecule has 0 aliphatic carbocycles. The molecular weight excluding hydrogens is 345 g/mol. The van der Waals surface area contributed by atoms with Crippen molar-refractivity contribution in [2.24, 2.45) is 0 Å². The van der Waals surface area contributed by atoms with Gasteiger partial charge in [-0.15, -0.1) is 0 Å². The molecule has 0 saturated carbocycles. The first-order valence-electron chi connectivity index (χ1n) is 6.13. The van der Waals surface area contributed by atoms with Gasteiger partial charge >= 0.3 is 0 Å². The van der Waals surface area contributed by atoms with Crippen LogP contribution in [0.2, 0.25) is 10.0 Å². The summed E-state index contributed by atoms with van der Waals surface area (Å²) >= 11 is 11.6. The molecule has 0 unspecified atom stereocenters. The highest BCUT2D eigenvalue weighted by atomic mass is 35.5. The van der Waals surface area contributed by atoms with Crippen LogP contribution in [-0.2, 0) is 10.0 Å². The van der Waals surface area contributed by atoms with Gasteiger partial charge in [-0.25, -0.2) is 13.1 Å². The van der Waals surface area contributed by atoms with Crippen LogP contribution in [0.25, 0.3) is 6.08 Å². The Kier molecular flexibility index (Phi) is 5.24. The Bertz CT molecular complexity index is 818. The molecule has 1 N–H and O–H groups in total. The first kappa shape index (κ1) is 16.5. The molecule has 4 nitrogen and oxygen atoms in total. The molecule has 7 heteroatoms. The molecule has 1 amide bonds. The molecule has 0 heterocycles. The van der Waals surface area contributed by atoms with Gasteiger partial charge in [0.1, 0.15) is 0 Å². The minimum atomic E-state index is -3.93. The summed E-state index contributed by atoms with van der Waals surface area (Å²) in [6.45, 7) is 0. The zero-order chi connectivity index (χ0) is 16.2. The Labute approximate surface area is 138 Å². The number of sulfonamides is 1. The highest BCUT2D eigenvalue weighted by molar-refractivity contribution is 7.93. The van der Waals surface area contributed by atoms with Crippen LogP contribution in [0.4, 0.5) is 0 Å². The maximum Gasteiger partial charge on any atom is 0.266 e. The molecule has 2 aromatic carbocycles. The number of halogens is 2. The van der Waals surface area contributed by atoms with E-state index in [-0.39, 0.29) is 10.6 Å². The SMILES string of the molecule is O=C(NS(=O)(=O)C=Cc1ccccc1)c1ccc(Cl)cc1Cl. The number of hydrogen-bond acceptors (Lipinski definition) is 3. The first-order chi connectivity index (χ1) is 10.4. The number of carbonyl (C=O) groups excluding carboxylic acids is 1. The second-order valence-corrected chi connectivity index (χ2v) is 6.72. The van der Waals surface area contributed by atoms with Crippen LogP contribution >= 0.6 is 23.2 Å². The van der Waals surface area contributed by atoms with Crippen LogP contribution in [0.5, 0.6) is 0 Å². The molecular formula is C15H11Cl2NO3S. The average molecular weight is 356 g/mol. The Morgan fingerprint density at radius 2 is 1.73 bits per heavy atom. The van der Waals surface area contributed by atoms with Crippen molar-refractivity contribution in [3.8, 4) is 0 Å². The number of rotatable bonds is 4. The van der Waals surface area contributed by atoms with Crippen molar-refractivity contribution in [2.75, 3.05) is 0 Å². The number of hydrogen-bond donors (Lipinski definition) is 1. The van der Waals surface area contributed by atoms with Crippen molar-refractivity contribution < 1.29 is 13.2 Å². The van der Waals surface area contributed by atoms with Crippen LogP contribution in [0.3, 0.4) is 0 Å². The van der Waals surface area contributed by atoms with Crippen molar-refractivity contribution in [2.45, 2.75) is 0 Å². The van der Waals surface area contributed by atoms with Gasteiger partial charge in [0.25, 0.3) is 15.9 Å². The molecule has 22 heavy (non-hydrogen) atoms. The van der Waals surface area contributed by atoms with E-state index in [2.05, 4.69) is 0 Å². The van der Waals surface area contributed by atoms with Gasteiger partial charge in [0.15, 0.2) is 0 Å². The van der Waals surface area contributed by atoms with Gasteiger partial charge in [0, 0.05) is 5.02 Å². The van der Waals surface area contributed by atoms with Crippen molar-refractivity contribution in [1.82, 2.24) is 4.72 Å². The van der Waals surface area contributed by atoms with Gasteiger partial charge in [-0.1, -0.05) is 53.5 Å². The lowest BCUT2D eigenvalue weighted by molar-refractivity contribution is 0.0982. The van der Waals surface area contributed by atoms with Crippen molar-refractivity contribution >= 4 is 45.2 Å². The number of nitrogens with one attached hydrogen (secondary N) is 1. The van der Waals surface area contributed by atoms with Crippen LogP contribution in [0, 0.1) is 0 Å². The summed E-state index contributed by atoms with van der Waals surface area (Å²) in [5, 5.41) is 1.35. The molecule has 0 atom stereocenters. The van der Waals surface area contributed by atoms with Gasteiger partial charge in [-0.05, 0) is 29.8 Å². The normalized spacial score (nSPS) is 11.5. The molecule has 0 saturated heterocycles. The molecule has 2 aromatic rings. The van der Waals surface area contributed by atoms with Gasteiger partial charge in [-0.2, -0.15) is 0 Å².